The topological polar surface area (TPSA) is 65.2 Å². The Labute approximate surface area is 141 Å². The maximum absolute atomic E-state index is 12.1. The second kappa shape index (κ2) is 6.25. The highest BCUT2D eigenvalue weighted by Crippen LogP contribution is 2.23. The average Bonchev–Trinajstić information content (AvgIpc) is 3.27. The van der Waals surface area contributed by atoms with Crippen molar-refractivity contribution < 1.29 is 14.1 Å². The number of thiazole rings is 1. The number of para-hydroxylation sites is 1. The molecule has 0 radical (unpaired) electrons. The van der Waals surface area contributed by atoms with Crippen molar-refractivity contribution in [2.24, 2.45) is 0 Å². The highest BCUT2D eigenvalue weighted by molar-refractivity contribution is 7.20. The summed E-state index contributed by atoms with van der Waals surface area (Å²) in [6, 6.07) is 19.0. The van der Waals surface area contributed by atoms with E-state index in [1.165, 1.54) is 11.3 Å². The Hall–Kier alpha value is -2.99. The van der Waals surface area contributed by atoms with Gasteiger partial charge in [-0.25, -0.2) is 9.78 Å². The van der Waals surface area contributed by atoms with Crippen molar-refractivity contribution in [1.82, 2.24) is 10.1 Å². The first-order valence-electron chi connectivity index (χ1n) is 7.33. The van der Waals surface area contributed by atoms with Gasteiger partial charge in [-0.15, -0.1) is 11.3 Å². The zero-order valence-electron chi connectivity index (χ0n) is 12.5. The van der Waals surface area contributed by atoms with Crippen LogP contribution in [0.1, 0.15) is 15.5 Å². The van der Waals surface area contributed by atoms with Crippen LogP contribution in [-0.2, 0) is 11.3 Å². The number of carbonyl (C=O) groups excluding carboxylic acids is 1. The van der Waals surface area contributed by atoms with Gasteiger partial charge >= 0.3 is 5.97 Å². The molecule has 0 saturated carbocycles. The van der Waals surface area contributed by atoms with Crippen molar-refractivity contribution in [3.8, 4) is 11.3 Å². The number of aromatic nitrogens is 2. The summed E-state index contributed by atoms with van der Waals surface area (Å²) in [6.45, 7) is 0.0467. The average molecular weight is 336 g/mol. The maximum atomic E-state index is 12.1. The van der Waals surface area contributed by atoms with Gasteiger partial charge in [-0.1, -0.05) is 47.6 Å². The summed E-state index contributed by atoms with van der Waals surface area (Å²) in [5.74, 6) is 0.182. The highest BCUT2D eigenvalue weighted by Gasteiger charge is 2.15. The van der Waals surface area contributed by atoms with Crippen molar-refractivity contribution in [3.63, 3.8) is 0 Å². The number of ether oxygens (including phenoxy) is 1. The van der Waals surface area contributed by atoms with E-state index in [0.717, 1.165) is 15.8 Å². The first-order valence-corrected chi connectivity index (χ1v) is 8.15. The van der Waals surface area contributed by atoms with E-state index in [0.29, 0.717) is 16.5 Å². The molecule has 118 valence electrons. The maximum Gasteiger partial charge on any atom is 0.367 e. The fraction of sp³-hybridized carbons (Fsp3) is 0.0556. The summed E-state index contributed by atoms with van der Waals surface area (Å²) < 4.78 is 11.5. The minimum Gasteiger partial charge on any atom is -0.454 e. The van der Waals surface area contributed by atoms with Crippen molar-refractivity contribution in [2.45, 2.75) is 6.61 Å². The van der Waals surface area contributed by atoms with E-state index in [2.05, 4.69) is 10.1 Å². The SMILES string of the molecule is O=C(OCc1cc(-c2ccccc2)on1)c1nc2ccccc2s1. The minimum absolute atomic E-state index is 0.0467. The molecule has 0 fully saturated rings. The lowest BCUT2D eigenvalue weighted by atomic mass is 10.2. The van der Waals surface area contributed by atoms with Crippen LogP contribution in [0, 0.1) is 0 Å². The molecule has 5 nitrogen and oxygen atoms in total. The molecular weight excluding hydrogens is 324 g/mol. The lowest BCUT2D eigenvalue weighted by Gasteiger charge is -1.98. The van der Waals surface area contributed by atoms with Crippen LogP contribution in [0.25, 0.3) is 21.5 Å². The Morgan fingerprint density at radius 1 is 1.08 bits per heavy atom. The second-order valence-electron chi connectivity index (χ2n) is 5.11. The Morgan fingerprint density at radius 2 is 1.88 bits per heavy atom. The number of hydrogen-bond donors (Lipinski definition) is 0. The molecule has 2 aromatic heterocycles. The monoisotopic (exact) mass is 336 g/mol. The van der Waals surface area contributed by atoms with Crippen LogP contribution in [-0.4, -0.2) is 16.1 Å². The Bertz CT molecular complexity index is 959. The van der Waals surface area contributed by atoms with Crippen molar-refractivity contribution in [3.05, 3.63) is 71.4 Å². The third-order valence-corrected chi connectivity index (χ3v) is 4.45. The molecular formula is C18H12N2O3S. The molecule has 0 unspecified atom stereocenters. The van der Waals surface area contributed by atoms with E-state index in [1.807, 2.05) is 54.6 Å². The van der Waals surface area contributed by atoms with Gasteiger partial charge in [-0.3, -0.25) is 0 Å². The first kappa shape index (κ1) is 14.6. The molecule has 0 aliphatic carbocycles. The van der Waals surface area contributed by atoms with E-state index in [4.69, 9.17) is 9.26 Å². The molecule has 0 saturated heterocycles. The van der Waals surface area contributed by atoms with Crippen LogP contribution in [0.3, 0.4) is 0 Å². The molecule has 0 N–H and O–H groups in total. The number of benzene rings is 2. The van der Waals surface area contributed by atoms with E-state index >= 15 is 0 Å². The normalized spacial score (nSPS) is 10.8. The Kier molecular flexibility index (Phi) is 3.80. The fourth-order valence-electron chi connectivity index (χ4n) is 2.28. The molecule has 0 atom stereocenters. The van der Waals surface area contributed by atoms with Gasteiger partial charge in [0.05, 0.1) is 10.2 Å². The lowest BCUT2D eigenvalue weighted by Crippen LogP contribution is -2.04. The third-order valence-electron chi connectivity index (χ3n) is 3.44. The van der Waals surface area contributed by atoms with Crippen LogP contribution in [0.4, 0.5) is 0 Å². The molecule has 4 aromatic rings. The highest BCUT2D eigenvalue weighted by atomic mass is 32.1. The molecule has 6 heteroatoms. The summed E-state index contributed by atoms with van der Waals surface area (Å²) in [5.41, 5.74) is 2.28. The molecule has 0 bridgehead atoms. The largest absolute Gasteiger partial charge is 0.454 e. The fourth-order valence-corrected chi connectivity index (χ4v) is 3.14. The summed E-state index contributed by atoms with van der Waals surface area (Å²) >= 11 is 1.31. The van der Waals surface area contributed by atoms with Crippen molar-refractivity contribution in [1.29, 1.82) is 0 Å². The van der Waals surface area contributed by atoms with Crippen LogP contribution >= 0.6 is 11.3 Å². The molecule has 4 rings (SSSR count). The lowest BCUT2D eigenvalue weighted by molar-refractivity contribution is 0.0464. The van der Waals surface area contributed by atoms with Crippen LogP contribution in [0.15, 0.2) is 65.2 Å². The van der Waals surface area contributed by atoms with Crippen molar-refractivity contribution >= 4 is 27.5 Å². The number of fused-ring (bicyclic) bond motifs is 1. The quantitative estimate of drug-likeness (QED) is 0.520. The molecule has 0 amide bonds. The van der Waals surface area contributed by atoms with E-state index < -0.39 is 5.97 Å². The van der Waals surface area contributed by atoms with Gasteiger partial charge in [0.25, 0.3) is 0 Å². The number of esters is 1. The summed E-state index contributed by atoms with van der Waals surface area (Å²) in [7, 11) is 0. The molecule has 2 heterocycles. The standard InChI is InChI=1S/C18H12N2O3S/c21-18(17-19-14-8-4-5-9-16(14)24-17)22-11-13-10-15(23-20-13)12-6-2-1-3-7-12/h1-10H,11H2. The molecule has 0 aliphatic rings. The third kappa shape index (κ3) is 2.91. The second-order valence-corrected chi connectivity index (χ2v) is 6.14. The number of nitrogens with zero attached hydrogens (tertiary/aromatic N) is 2. The molecule has 2 aromatic carbocycles. The predicted octanol–water partition coefficient (Wildman–Crippen LogP) is 4.31. The van der Waals surface area contributed by atoms with E-state index in [1.54, 1.807) is 6.07 Å². The first-order chi connectivity index (χ1) is 11.8. The van der Waals surface area contributed by atoms with E-state index in [9.17, 15) is 4.79 Å². The molecule has 0 spiro atoms. The summed E-state index contributed by atoms with van der Waals surface area (Å²) in [6.07, 6.45) is 0. The zero-order valence-corrected chi connectivity index (χ0v) is 13.3. The number of rotatable bonds is 4. The Morgan fingerprint density at radius 3 is 2.71 bits per heavy atom. The number of carbonyl (C=O) groups is 1. The summed E-state index contributed by atoms with van der Waals surface area (Å²) in [4.78, 5) is 16.4. The smallest absolute Gasteiger partial charge is 0.367 e. The van der Waals surface area contributed by atoms with Gasteiger partial charge in [0.15, 0.2) is 5.76 Å². The van der Waals surface area contributed by atoms with Crippen LogP contribution < -0.4 is 0 Å². The van der Waals surface area contributed by atoms with Gasteiger partial charge in [0.2, 0.25) is 5.01 Å². The zero-order chi connectivity index (χ0) is 16.4. The van der Waals surface area contributed by atoms with Gasteiger partial charge in [-0.2, -0.15) is 0 Å². The minimum atomic E-state index is -0.458. The summed E-state index contributed by atoms with van der Waals surface area (Å²) in [5, 5.41) is 4.27. The Balaban J connectivity index is 1.45. The van der Waals surface area contributed by atoms with Gasteiger partial charge in [0, 0.05) is 11.6 Å². The van der Waals surface area contributed by atoms with Crippen molar-refractivity contribution in [2.75, 3.05) is 0 Å². The van der Waals surface area contributed by atoms with Crippen LogP contribution in [0.5, 0.6) is 0 Å². The molecule has 0 aliphatic heterocycles. The van der Waals surface area contributed by atoms with Gasteiger partial charge < -0.3 is 9.26 Å². The number of hydrogen-bond acceptors (Lipinski definition) is 6. The van der Waals surface area contributed by atoms with Crippen LogP contribution in [0.2, 0.25) is 0 Å². The van der Waals surface area contributed by atoms with Gasteiger partial charge in [-0.05, 0) is 12.1 Å². The molecule has 24 heavy (non-hydrogen) atoms. The van der Waals surface area contributed by atoms with E-state index in [-0.39, 0.29) is 6.61 Å². The predicted molar refractivity (Wildman–Crippen MR) is 90.7 cm³/mol. The van der Waals surface area contributed by atoms with Gasteiger partial charge in [0.1, 0.15) is 12.3 Å².